The van der Waals surface area contributed by atoms with Gasteiger partial charge in [-0.3, -0.25) is 11.1 Å². The molecule has 0 rings (SSSR count). The van der Waals surface area contributed by atoms with E-state index in [0.717, 1.165) is 0 Å². The number of hydrogen-bond donors (Lipinski definition) is 2. The smallest absolute Gasteiger partial charge is 0.243 e. The Hall–Kier alpha value is -0.470. The van der Waals surface area contributed by atoms with Crippen LogP contribution in [0.1, 0.15) is 0 Å². The number of methoxy groups -OCH3 is 1. The Morgan fingerprint density at radius 1 is 1.38 bits per heavy atom. The normalized spacial score (nSPS) is 10.0. The summed E-state index contributed by atoms with van der Waals surface area (Å²) in [7, 11) is -0.789. The van der Waals surface area contributed by atoms with Crippen molar-refractivity contribution < 1.29 is 17.9 Å². The summed E-state index contributed by atoms with van der Waals surface area (Å²) >= 11 is 0. The maximum absolute atomic E-state index is 10.2. The molecule has 0 heterocycles. The van der Waals surface area contributed by atoms with Crippen molar-refractivity contribution in [2.75, 3.05) is 33.5 Å². The molecule has 0 bridgehead atoms. The van der Waals surface area contributed by atoms with Crippen LogP contribution in [0.5, 0.6) is 0 Å². The van der Waals surface area contributed by atoms with Gasteiger partial charge in [0.05, 0.1) is 19.8 Å². The van der Waals surface area contributed by atoms with Crippen molar-refractivity contribution in [1.29, 1.82) is 0 Å². The van der Waals surface area contributed by atoms with Gasteiger partial charge in [-0.05, 0) is 0 Å². The molecule has 7 heteroatoms. The summed E-state index contributed by atoms with van der Waals surface area (Å²) in [4.78, 5) is 0. The number of nitrogens with two attached hydrogens (primary N) is 1. The van der Waals surface area contributed by atoms with E-state index in [-0.39, 0.29) is 5.11 Å². The minimum Gasteiger partial charge on any atom is -0.382 e. The predicted octanol–water partition coefficient (Wildman–Crippen LogP) is -1.84. The zero-order chi connectivity index (χ0) is 10.1. The zero-order valence-corrected chi connectivity index (χ0v) is 8.26. The summed E-state index contributed by atoms with van der Waals surface area (Å²) in [5, 5.41) is 2.21. The van der Waals surface area contributed by atoms with Gasteiger partial charge in [0, 0.05) is 13.7 Å². The molecular formula is C6H14N2O4S. The molecule has 0 aliphatic rings. The van der Waals surface area contributed by atoms with Crippen LogP contribution in [0, 0.1) is 0 Å². The number of ether oxygens (including phenoxy) is 2. The first-order valence-corrected chi connectivity index (χ1v) is 4.78. The fraction of sp³-hybridized carbons (Fsp3) is 0.833. The monoisotopic (exact) mass is 210 g/mol. The number of hydrogen-bond acceptors (Lipinski definition) is 4. The number of rotatable bonds is 6. The first-order valence-electron chi connectivity index (χ1n) is 3.70. The highest BCUT2D eigenvalue weighted by Crippen LogP contribution is 1.73. The Bertz CT molecular complexity index is 241. The molecule has 0 amide bonds. The molecule has 0 unspecified atom stereocenters. The van der Waals surface area contributed by atoms with E-state index in [2.05, 4.69) is 5.32 Å². The lowest BCUT2D eigenvalue weighted by Crippen LogP contribution is -2.34. The van der Waals surface area contributed by atoms with Crippen LogP contribution in [0.25, 0.3) is 0 Å². The average Bonchev–Trinajstić information content (AvgIpc) is 2.10. The minimum atomic E-state index is -2.37. The Balaban J connectivity index is 3.32. The maximum Gasteiger partial charge on any atom is 0.243 e. The van der Waals surface area contributed by atoms with E-state index in [9.17, 15) is 8.42 Å². The van der Waals surface area contributed by atoms with Crippen molar-refractivity contribution in [2.45, 2.75) is 0 Å². The molecule has 0 aromatic heterocycles. The summed E-state index contributed by atoms with van der Waals surface area (Å²) < 4.78 is 30.1. The highest BCUT2D eigenvalue weighted by Gasteiger charge is 1.92. The third kappa shape index (κ3) is 7.88. The van der Waals surface area contributed by atoms with E-state index in [1.54, 1.807) is 7.11 Å². The first-order chi connectivity index (χ1) is 6.18. The molecule has 0 aliphatic heterocycles. The molecule has 0 aliphatic carbocycles. The van der Waals surface area contributed by atoms with E-state index in [0.29, 0.717) is 26.4 Å². The molecule has 0 saturated carbocycles. The van der Waals surface area contributed by atoms with Gasteiger partial charge >= 0.3 is 0 Å². The molecule has 0 spiro atoms. The average molecular weight is 210 g/mol. The van der Waals surface area contributed by atoms with Crippen molar-refractivity contribution in [3.05, 3.63) is 0 Å². The fourth-order valence-corrected chi connectivity index (χ4v) is 0.770. The molecule has 78 valence electrons. The Morgan fingerprint density at radius 3 is 2.62 bits per heavy atom. The SMILES string of the molecule is COCCOCCNC(N)=S(=O)=O. The van der Waals surface area contributed by atoms with E-state index < -0.39 is 10.3 Å². The molecule has 3 N–H and O–H groups in total. The van der Waals surface area contributed by atoms with E-state index in [1.165, 1.54) is 0 Å². The molecule has 0 fully saturated rings. The number of nitrogens with one attached hydrogen (secondary N) is 1. The second kappa shape index (κ2) is 8.14. The van der Waals surface area contributed by atoms with Crippen molar-refractivity contribution in [3.8, 4) is 0 Å². The van der Waals surface area contributed by atoms with Gasteiger partial charge in [-0.2, -0.15) is 8.42 Å². The summed E-state index contributed by atoms with van der Waals surface area (Å²) in [6, 6.07) is 0. The van der Waals surface area contributed by atoms with Gasteiger partial charge < -0.3 is 9.47 Å². The molecule has 0 aromatic rings. The van der Waals surface area contributed by atoms with Crippen LogP contribution in [0.15, 0.2) is 0 Å². The summed E-state index contributed by atoms with van der Waals surface area (Å²) in [5.41, 5.74) is 5.07. The van der Waals surface area contributed by atoms with Gasteiger partial charge in [0.15, 0.2) is 5.11 Å². The van der Waals surface area contributed by atoms with Crippen molar-refractivity contribution in [3.63, 3.8) is 0 Å². The zero-order valence-electron chi connectivity index (χ0n) is 7.45. The standard InChI is InChI=1S/C6H14N2O4S/c1-11-4-5-12-3-2-8-6(7)13(9)10/h8H,2-5,7H2,1H3. The van der Waals surface area contributed by atoms with Gasteiger partial charge in [0.2, 0.25) is 10.3 Å². The summed E-state index contributed by atoms with van der Waals surface area (Å²) in [6.07, 6.45) is 0. The first kappa shape index (κ1) is 12.5. The summed E-state index contributed by atoms with van der Waals surface area (Å²) in [6.45, 7) is 1.76. The molecule has 6 nitrogen and oxygen atoms in total. The van der Waals surface area contributed by atoms with Gasteiger partial charge in [-0.25, -0.2) is 0 Å². The van der Waals surface area contributed by atoms with Gasteiger partial charge in [-0.1, -0.05) is 0 Å². The van der Waals surface area contributed by atoms with E-state index in [4.69, 9.17) is 15.2 Å². The molecule has 0 saturated heterocycles. The third-order valence-electron chi connectivity index (χ3n) is 1.16. The summed E-state index contributed by atoms with van der Waals surface area (Å²) in [5.74, 6) is 0. The topological polar surface area (TPSA) is 90.7 Å². The highest BCUT2D eigenvalue weighted by molar-refractivity contribution is 7.72. The maximum atomic E-state index is 10.2. The second-order valence-corrected chi connectivity index (χ2v) is 3.04. The Kier molecular flexibility index (Phi) is 7.85. The largest absolute Gasteiger partial charge is 0.382 e. The van der Waals surface area contributed by atoms with Crippen LogP contribution in [0.4, 0.5) is 0 Å². The van der Waals surface area contributed by atoms with Crippen LogP contribution in [0.2, 0.25) is 0 Å². The molecule has 0 radical (unpaired) electrons. The van der Waals surface area contributed by atoms with Gasteiger partial charge in [0.1, 0.15) is 0 Å². The van der Waals surface area contributed by atoms with Crippen LogP contribution >= 0.6 is 0 Å². The van der Waals surface area contributed by atoms with Crippen LogP contribution in [-0.4, -0.2) is 47.0 Å². The molecule has 0 aromatic carbocycles. The van der Waals surface area contributed by atoms with Crippen LogP contribution < -0.4 is 11.1 Å². The quantitative estimate of drug-likeness (QED) is 0.395. The second-order valence-electron chi connectivity index (χ2n) is 2.13. The van der Waals surface area contributed by atoms with Crippen molar-refractivity contribution in [2.24, 2.45) is 5.73 Å². The lowest BCUT2D eigenvalue weighted by Gasteiger charge is -2.03. The predicted molar refractivity (Wildman–Crippen MR) is 48.8 cm³/mol. The fourth-order valence-electron chi connectivity index (χ4n) is 0.550. The van der Waals surface area contributed by atoms with Gasteiger partial charge in [0.25, 0.3) is 0 Å². The van der Waals surface area contributed by atoms with Gasteiger partial charge in [-0.15, -0.1) is 0 Å². The van der Waals surface area contributed by atoms with Crippen LogP contribution in [-0.2, 0) is 19.8 Å². The van der Waals surface area contributed by atoms with Crippen LogP contribution in [0.3, 0.4) is 0 Å². The molecule has 13 heavy (non-hydrogen) atoms. The minimum absolute atomic E-state index is 0.268. The van der Waals surface area contributed by atoms with E-state index in [1.807, 2.05) is 0 Å². The lowest BCUT2D eigenvalue weighted by atomic mass is 10.6. The highest BCUT2D eigenvalue weighted by atomic mass is 32.2. The van der Waals surface area contributed by atoms with Crippen molar-refractivity contribution >= 4 is 15.4 Å². The third-order valence-corrected chi connectivity index (χ3v) is 1.66. The Labute approximate surface area is 78.5 Å². The van der Waals surface area contributed by atoms with E-state index >= 15 is 0 Å². The lowest BCUT2D eigenvalue weighted by molar-refractivity contribution is 0.0734. The molecule has 0 atom stereocenters. The Morgan fingerprint density at radius 2 is 2.08 bits per heavy atom. The molecular weight excluding hydrogens is 196 g/mol. The van der Waals surface area contributed by atoms with Crippen molar-refractivity contribution in [1.82, 2.24) is 5.32 Å².